The van der Waals surface area contributed by atoms with E-state index in [4.69, 9.17) is 4.74 Å². The van der Waals surface area contributed by atoms with Crippen molar-refractivity contribution in [3.63, 3.8) is 0 Å². The Bertz CT molecular complexity index is 1010. The second-order valence-electron chi connectivity index (χ2n) is 6.70. The number of hydrogen-bond donors (Lipinski definition) is 0. The Labute approximate surface area is 156 Å². The van der Waals surface area contributed by atoms with Crippen molar-refractivity contribution >= 4 is 0 Å². The summed E-state index contributed by atoms with van der Waals surface area (Å²) in [6.07, 6.45) is -2.26. The van der Waals surface area contributed by atoms with Crippen LogP contribution >= 0.6 is 0 Å². The first-order valence-electron chi connectivity index (χ1n) is 9.07. The summed E-state index contributed by atoms with van der Waals surface area (Å²) >= 11 is 0. The first-order chi connectivity index (χ1) is 12.9. The molecule has 0 bridgehead atoms. The van der Waals surface area contributed by atoms with Gasteiger partial charge in [-0.25, -0.2) is 4.39 Å². The summed E-state index contributed by atoms with van der Waals surface area (Å²) < 4.78 is 48.8. The van der Waals surface area contributed by atoms with Gasteiger partial charge in [0.25, 0.3) is 0 Å². The lowest BCUT2D eigenvalue weighted by molar-refractivity contribution is -0.188. The number of aryl methyl sites for hydroxylation is 2. The minimum atomic E-state index is -3.59. The smallest absolute Gasteiger partial charge is 0.425 e. The van der Waals surface area contributed by atoms with Gasteiger partial charge in [-0.15, -0.1) is 0 Å². The predicted molar refractivity (Wildman–Crippen MR) is 101 cm³/mol. The maximum atomic E-state index is 14.7. The van der Waals surface area contributed by atoms with Crippen molar-refractivity contribution in [1.29, 1.82) is 0 Å². The molecule has 0 radical (unpaired) electrons. The van der Waals surface area contributed by atoms with Crippen molar-refractivity contribution in [2.24, 2.45) is 0 Å². The third-order valence-corrected chi connectivity index (χ3v) is 5.11. The zero-order chi connectivity index (χ0) is 19.2. The molecule has 0 saturated heterocycles. The monoisotopic (exact) mass is 368 g/mol. The van der Waals surface area contributed by atoms with Gasteiger partial charge in [-0.1, -0.05) is 62.4 Å². The number of rotatable bonds is 3. The van der Waals surface area contributed by atoms with E-state index < -0.39 is 11.9 Å². The maximum absolute atomic E-state index is 14.7. The van der Waals surface area contributed by atoms with E-state index in [2.05, 4.69) is 6.92 Å². The van der Waals surface area contributed by atoms with Crippen molar-refractivity contribution in [3.05, 3.63) is 77.1 Å². The third-order valence-electron chi connectivity index (χ3n) is 5.11. The fraction of sp³-hybridized carbons (Fsp3) is 0.217. The summed E-state index contributed by atoms with van der Waals surface area (Å²) in [5.41, 5.74) is 3.49. The summed E-state index contributed by atoms with van der Waals surface area (Å²) in [5.74, 6) is -1.08. The number of alkyl halides is 2. The van der Waals surface area contributed by atoms with Crippen LogP contribution in [0.2, 0.25) is 0 Å². The summed E-state index contributed by atoms with van der Waals surface area (Å²) in [5, 5.41) is 0. The minimum Gasteiger partial charge on any atom is -0.425 e. The summed E-state index contributed by atoms with van der Waals surface area (Å²) in [6, 6.07) is 15.9. The van der Waals surface area contributed by atoms with E-state index in [1.54, 1.807) is 31.2 Å². The van der Waals surface area contributed by atoms with E-state index >= 15 is 0 Å². The maximum Gasteiger partial charge on any atom is 0.427 e. The number of hydrogen-bond acceptors (Lipinski definition) is 1. The molecule has 0 unspecified atom stereocenters. The van der Waals surface area contributed by atoms with E-state index in [9.17, 15) is 13.2 Å². The van der Waals surface area contributed by atoms with E-state index in [0.717, 1.165) is 12.0 Å². The Morgan fingerprint density at radius 1 is 0.815 bits per heavy atom. The molecule has 0 N–H and O–H groups in total. The molecule has 0 fully saturated rings. The van der Waals surface area contributed by atoms with Gasteiger partial charge in [0.2, 0.25) is 0 Å². The molecule has 0 atom stereocenters. The summed E-state index contributed by atoms with van der Waals surface area (Å²) in [7, 11) is 0. The zero-order valence-electron chi connectivity index (χ0n) is 15.2. The van der Waals surface area contributed by atoms with Crippen LogP contribution in [0.25, 0.3) is 22.3 Å². The van der Waals surface area contributed by atoms with Crippen LogP contribution in [0.4, 0.5) is 13.2 Å². The topological polar surface area (TPSA) is 9.23 Å². The molecule has 1 heterocycles. The largest absolute Gasteiger partial charge is 0.427 e. The molecular formula is C23H19F3O. The van der Waals surface area contributed by atoms with Crippen LogP contribution in [0.5, 0.6) is 5.75 Å². The van der Waals surface area contributed by atoms with Gasteiger partial charge < -0.3 is 4.74 Å². The van der Waals surface area contributed by atoms with Crippen LogP contribution in [0, 0.1) is 5.82 Å². The van der Waals surface area contributed by atoms with Gasteiger partial charge in [0.05, 0.1) is 5.56 Å². The zero-order valence-corrected chi connectivity index (χ0v) is 15.2. The molecule has 138 valence electrons. The van der Waals surface area contributed by atoms with Crippen molar-refractivity contribution in [1.82, 2.24) is 0 Å². The Balaban J connectivity index is 1.86. The molecular weight excluding hydrogens is 349 g/mol. The lowest BCUT2D eigenvalue weighted by Crippen LogP contribution is -2.27. The van der Waals surface area contributed by atoms with Crippen molar-refractivity contribution in [2.75, 3.05) is 0 Å². The second-order valence-corrected chi connectivity index (χ2v) is 6.70. The van der Waals surface area contributed by atoms with Gasteiger partial charge in [-0.2, -0.15) is 8.78 Å². The SMILES string of the molecule is CCc1ccc(-c2ccc3c(c2)C(F)(F)Oc2c-3ccc(CC)c2F)cc1. The quantitative estimate of drug-likeness (QED) is 0.498. The van der Waals surface area contributed by atoms with E-state index in [0.29, 0.717) is 28.7 Å². The van der Waals surface area contributed by atoms with Crippen LogP contribution in [0.3, 0.4) is 0 Å². The standard InChI is InChI=1S/C23H19F3O/c1-3-14-5-7-16(8-6-14)17-10-11-18-19-12-9-15(4-2)21(24)22(19)27-23(25,26)20(18)13-17/h5-13H,3-4H2,1-2H3. The second kappa shape index (κ2) is 6.45. The molecule has 1 aliphatic heterocycles. The fourth-order valence-corrected chi connectivity index (χ4v) is 3.50. The number of fused-ring (bicyclic) bond motifs is 3. The molecule has 0 amide bonds. The third kappa shape index (κ3) is 2.89. The average Bonchev–Trinajstić information content (AvgIpc) is 2.68. The lowest BCUT2D eigenvalue weighted by Gasteiger charge is -2.29. The van der Waals surface area contributed by atoms with Gasteiger partial charge >= 0.3 is 6.11 Å². The van der Waals surface area contributed by atoms with Gasteiger partial charge in [0.15, 0.2) is 11.6 Å². The molecule has 0 spiro atoms. The number of benzene rings is 3. The highest BCUT2D eigenvalue weighted by atomic mass is 19.3. The molecule has 4 heteroatoms. The number of halogens is 3. The molecule has 0 aliphatic carbocycles. The molecule has 3 aromatic carbocycles. The van der Waals surface area contributed by atoms with Crippen LogP contribution in [-0.4, -0.2) is 0 Å². The van der Waals surface area contributed by atoms with Gasteiger partial charge in [0, 0.05) is 5.56 Å². The van der Waals surface area contributed by atoms with Crippen LogP contribution in [0.1, 0.15) is 30.5 Å². The Hall–Kier alpha value is -2.75. The Morgan fingerprint density at radius 2 is 1.48 bits per heavy atom. The Morgan fingerprint density at radius 3 is 2.15 bits per heavy atom. The first kappa shape index (κ1) is 17.7. The Kier molecular flexibility index (Phi) is 4.22. The van der Waals surface area contributed by atoms with Crippen LogP contribution in [0.15, 0.2) is 54.6 Å². The highest BCUT2D eigenvalue weighted by Gasteiger charge is 2.43. The van der Waals surface area contributed by atoms with Gasteiger partial charge in [0.1, 0.15) is 0 Å². The molecule has 4 rings (SSSR count). The van der Waals surface area contributed by atoms with Gasteiger partial charge in [-0.05, 0) is 46.7 Å². The highest BCUT2D eigenvalue weighted by molar-refractivity contribution is 5.80. The van der Waals surface area contributed by atoms with Crippen LogP contribution in [-0.2, 0) is 19.0 Å². The molecule has 27 heavy (non-hydrogen) atoms. The molecule has 1 nitrogen and oxygen atoms in total. The van der Waals surface area contributed by atoms with E-state index in [1.807, 2.05) is 24.3 Å². The molecule has 1 aliphatic rings. The molecule has 3 aromatic rings. The number of ether oxygens (including phenoxy) is 1. The molecule has 0 aromatic heterocycles. The van der Waals surface area contributed by atoms with Crippen molar-refractivity contribution < 1.29 is 17.9 Å². The van der Waals surface area contributed by atoms with Gasteiger partial charge in [-0.3, -0.25) is 0 Å². The summed E-state index contributed by atoms with van der Waals surface area (Å²) in [4.78, 5) is 0. The first-order valence-corrected chi connectivity index (χ1v) is 9.07. The minimum absolute atomic E-state index is 0.240. The normalized spacial score (nSPS) is 14.3. The summed E-state index contributed by atoms with van der Waals surface area (Å²) in [6.45, 7) is 3.84. The van der Waals surface area contributed by atoms with Crippen molar-refractivity contribution in [2.45, 2.75) is 32.8 Å². The van der Waals surface area contributed by atoms with Crippen LogP contribution < -0.4 is 4.74 Å². The van der Waals surface area contributed by atoms with Crippen molar-refractivity contribution in [3.8, 4) is 28.0 Å². The highest BCUT2D eigenvalue weighted by Crippen LogP contribution is 2.49. The lowest BCUT2D eigenvalue weighted by atomic mass is 9.91. The average molecular weight is 368 g/mol. The van der Waals surface area contributed by atoms with E-state index in [-0.39, 0.29) is 11.3 Å². The molecule has 0 saturated carbocycles. The van der Waals surface area contributed by atoms with E-state index in [1.165, 1.54) is 11.6 Å². The predicted octanol–water partition coefficient (Wildman–Crippen LogP) is 6.73. The fourth-order valence-electron chi connectivity index (χ4n) is 3.50.